The number of nitrogens with zero attached hydrogens (tertiary/aromatic N) is 1. The highest BCUT2D eigenvalue weighted by Crippen LogP contribution is 2.43. The molecule has 0 aromatic heterocycles. The van der Waals surface area contributed by atoms with Gasteiger partial charge in [-0.3, -0.25) is 18.6 Å². The second-order valence-electron chi connectivity index (χ2n) is 15.7. The number of carbonyl (C=O) groups excluding carboxylic acids is 2. The third-order valence-electron chi connectivity index (χ3n) is 9.00. The second kappa shape index (κ2) is 38.2. The van der Waals surface area contributed by atoms with E-state index in [1.54, 1.807) is 0 Å². The summed E-state index contributed by atoms with van der Waals surface area (Å²) in [6.45, 7) is 4.29. The normalized spacial score (nSPS) is 14.2. The molecular formula is C46H83NO8P+. The molecule has 0 radical (unpaired) electrons. The van der Waals surface area contributed by atoms with Crippen molar-refractivity contribution in [3.63, 3.8) is 0 Å². The highest BCUT2D eigenvalue weighted by atomic mass is 31.2. The summed E-state index contributed by atoms with van der Waals surface area (Å²) < 4.78 is 34.3. The van der Waals surface area contributed by atoms with E-state index in [1.165, 1.54) is 57.8 Å². The molecule has 0 saturated heterocycles. The largest absolute Gasteiger partial charge is 0.472 e. The molecule has 0 amide bonds. The van der Waals surface area contributed by atoms with Crippen LogP contribution in [0.5, 0.6) is 0 Å². The quantitative estimate of drug-likeness (QED) is 0.0215. The summed E-state index contributed by atoms with van der Waals surface area (Å²) in [5, 5.41) is 0. The van der Waals surface area contributed by atoms with E-state index in [4.69, 9.17) is 18.5 Å². The highest BCUT2D eigenvalue weighted by molar-refractivity contribution is 7.47. The number of hydrogen-bond acceptors (Lipinski definition) is 7. The molecule has 1 unspecified atom stereocenters. The molecule has 1 N–H and O–H groups in total. The van der Waals surface area contributed by atoms with Crippen LogP contribution in [0.1, 0.15) is 168 Å². The van der Waals surface area contributed by atoms with Gasteiger partial charge in [0.2, 0.25) is 0 Å². The fourth-order valence-corrected chi connectivity index (χ4v) is 6.27. The Labute approximate surface area is 343 Å². The van der Waals surface area contributed by atoms with Gasteiger partial charge in [-0.15, -0.1) is 0 Å². The van der Waals surface area contributed by atoms with Gasteiger partial charge in [0.15, 0.2) is 6.10 Å². The predicted molar refractivity (Wildman–Crippen MR) is 233 cm³/mol. The maximum absolute atomic E-state index is 12.7. The van der Waals surface area contributed by atoms with Crippen molar-refractivity contribution >= 4 is 19.8 Å². The number of hydrogen-bond donors (Lipinski definition) is 1. The number of likely N-dealkylation sites (N-methyl/N-ethyl adjacent to an activating group) is 1. The van der Waals surface area contributed by atoms with Gasteiger partial charge in [-0.05, 0) is 77.0 Å². The van der Waals surface area contributed by atoms with Crippen LogP contribution in [0, 0.1) is 0 Å². The molecule has 56 heavy (non-hydrogen) atoms. The van der Waals surface area contributed by atoms with Crippen molar-refractivity contribution in [1.29, 1.82) is 0 Å². The molecule has 0 fully saturated rings. The second-order valence-corrected chi connectivity index (χ2v) is 17.2. The average molecular weight is 809 g/mol. The molecule has 0 aliphatic rings. The third-order valence-corrected chi connectivity index (χ3v) is 9.99. The van der Waals surface area contributed by atoms with E-state index >= 15 is 0 Å². The van der Waals surface area contributed by atoms with Crippen molar-refractivity contribution in [1.82, 2.24) is 0 Å². The Hall–Kier alpha value is -2.29. The first kappa shape index (κ1) is 53.7. The van der Waals surface area contributed by atoms with Crippen molar-refractivity contribution in [2.75, 3.05) is 47.5 Å². The summed E-state index contributed by atoms with van der Waals surface area (Å²) in [4.78, 5) is 35.4. The molecule has 0 saturated carbocycles. The Bertz CT molecular complexity index is 1140. The van der Waals surface area contributed by atoms with Crippen LogP contribution >= 0.6 is 7.82 Å². The van der Waals surface area contributed by atoms with Crippen LogP contribution in [0.2, 0.25) is 0 Å². The van der Waals surface area contributed by atoms with E-state index in [2.05, 4.69) is 74.6 Å². The van der Waals surface area contributed by atoms with Gasteiger partial charge in [-0.2, -0.15) is 0 Å². The smallest absolute Gasteiger partial charge is 0.462 e. The van der Waals surface area contributed by atoms with E-state index in [0.717, 1.165) is 70.6 Å². The van der Waals surface area contributed by atoms with Gasteiger partial charge in [0.1, 0.15) is 19.8 Å². The summed E-state index contributed by atoms with van der Waals surface area (Å²) >= 11 is 0. The van der Waals surface area contributed by atoms with E-state index in [-0.39, 0.29) is 26.1 Å². The van der Waals surface area contributed by atoms with Crippen LogP contribution in [-0.2, 0) is 32.7 Å². The van der Waals surface area contributed by atoms with Gasteiger partial charge in [-0.1, -0.05) is 139 Å². The zero-order valence-electron chi connectivity index (χ0n) is 36.3. The van der Waals surface area contributed by atoms with Crippen LogP contribution in [0.3, 0.4) is 0 Å². The summed E-state index contributed by atoms with van der Waals surface area (Å²) in [6, 6.07) is 0. The van der Waals surface area contributed by atoms with Crippen molar-refractivity contribution in [2.45, 2.75) is 174 Å². The predicted octanol–water partition coefficient (Wildman–Crippen LogP) is 12.5. The molecule has 0 aromatic carbocycles. The number of rotatable bonds is 39. The number of phosphoric acid groups is 1. The first-order chi connectivity index (χ1) is 27.0. The van der Waals surface area contributed by atoms with Crippen molar-refractivity contribution in [2.24, 2.45) is 0 Å². The maximum Gasteiger partial charge on any atom is 0.472 e. The Morgan fingerprint density at radius 1 is 0.554 bits per heavy atom. The summed E-state index contributed by atoms with van der Waals surface area (Å²) in [5.74, 6) is -0.844. The number of unbranched alkanes of at least 4 members (excludes halogenated alkanes) is 15. The van der Waals surface area contributed by atoms with Gasteiger partial charge in [0.25, 0.3) is 0 Å². The number of quaternary nitrogens is 1. The van der Waals surface area contributed by atoms with E-state index in [9.17, 15) is 19.0 Å². The number of phosphoric ester groups is 1. The standard InChI is InChI=1S/C46H82NO8P/c1-6-8-10-12-14-16-18-20-22-23-25-26-28-30-32-34-36-38-45(48)52-42-44(43-54-56(50,51)53-41-40-47(3,4)5)55-46(49)39-37-35-33-31-29-27-24-21-19-17-15-13-11-9-7-2/h10,12,16-19,22-23,26,28,44H,6-9,11,13-15,20-21,24-25,27,29-43H2,1-5H3/p+1/b12-10+,18-16+,19-17+,23-22+,28-26+/t44-/m1/s1. The van der Waals surface area contributed by atoms with Gasteiger partial charge in [0, 0.05) is 12.8 Å². The fraction of sp³-hybridized carbons (Fsp3) is 0.739. The summed E-state index contributed by atoms with van der Waals surface area (Å²) in [5.41, 5.74) is 0. The molecule has 0 rings (SSSR count). The minimum absolute atomic E-state index is 0.0231. The van der Waals surface area contributed by atoms with Crippen LogP contribution in [0.15, 0.2) is 60.8 Å². The topological polar surface area (TPSA) is 108 Å². The lowest BCUT2D eigenvalue weighted by Crippen LogP contribution is -2.37. The van der Waals surface area contributed by atoms with Crippen LogP contribution in [-0.4, -0.2) is 74.9 Å². The summed E-state index contributed by atoms with van der Waals surface area (Å²) in [7, 11) is 1.45. The highest BCUT2D eigenvalue weighted by Gasteiger charge is 2.27. The van der Waals surface area contributed by atoms with E-state index in [0.29, 0.717) is 23.9 Å². The van der Waals surface area contributed by atoms with Gasteiger partial charge in [0.05, 0.1) is 27.7 Å². The number of allylic oxidation sites excluding steroid dienone is 10. The van der Waals surface area contributed by atoms with Crippen molar-refractivity contribution < 1.29 is 42.1 Å². The summed E-state index contributed by atoms with van der Waals surface area (Å²) in [6.07, 6.45) is 45.5. The molecule has 0 heterocycles. The van der Waals surface area contributed by atoms with Crippen LogP contribution in [0.4, 0.5) is 0 Å². The molecule has 9 nitrogen and oxygen atoms in total. The average Bonchev–Trinajstić information content (AvgIpc) is 3.15. The molecule has 0 aliphatic heterocycles. The van der Waals surface area contributed by atoms with Crippen molar-refractivity contribution in [3.8, 4) is 0 Å². The maximum atomic E-state index is 12.7. The monoisotopic (exact) mass is 809 g/mol. The lowest BCUT2D eigenvalue weighted by Gasteiger charge is -2.24. The molecule has 0 bridgehead atoms. The Kier molecular flexibility index (Phi) is 36.7. The minimum atomic E-state index is -4.38. The van der Waals surface area contributed by atoms with Gasteiger partial charge < -0.3 is 18.9 Å². The Morgan fingerprint density at radius 3 is 1.54 bits per heavy atom. The van der Waals surface area contributed by atoms with E-state index in [1.807, 2.05) is 21.1 Å². The number of ether oxygens (including phenoxy) is 2. The number of esters is 2. The van der Waals surface area contributed by atoms with Crippen LogP contribution in [0.25, 0.3) is 0 Å². The number of carbonyl (C=O) groups is 2. The van der Waals surface area contributed by atoms with Gasteiger partial charge in [-0.25, -0.2) is 4.57 Å². The molecular weight excluding hydrogens is 725 g/mol. The first-order valence-corrected chi connectivity index (χ1v) is 23.5. The van der Waals surface area contributed by atoms with Crippen LogP contribution < -0.4 is 0 Å². The third kappa shape index (κ3) is 41.3. The van der Waals surface area contributed by atoms with Crippen molar-refractivity contribution in [3.05, 3.63) is 60.8 Å². The van der Waals surface area contributed by atoms with Gasteiger partial charge >= 0.3 is 19.8 Å². The first-order valence-electron chi connectivity index (χ1n) is 22.0. The zero-order valence-corrected chi connectivity index (χ0v) is 37.2. The lowest BCUT2D eigenvalue weighted by atomic mass is 10.1. The van der Waals surface area contributed by atoms with E-state index < -0.39 is 32.5 Å². The Balaban J connectivity index is 4.43. The Morgan fingerprint density at radius 2 is 1.00 bits per heavy atom. The molecule has 324 valence electrons. The molecule has 0 aromatic rings. The molecule has 10 heteroatoms. The molecule has 0 aliphatic carbocycles. The fourth-order valence-electron chi connectivity index (χ4n) is 5.53. The molecule has 0 spiro atoms. The molecule has 2 atom stereocenters. The zero-order chi connectivity index (χ0) is 41.4. The lowest BCUT2D eigenvalue weighted by molar-refractivity contribution is -0.870. The SMILES string of the molecule is CCC/C=C/C/C=C/C/C=C/C/C=C/CCCCCC(=O)OC[C@H](COP(=O)(O)OCC[N+](C)(C)C)OC(=O)CCCCCCCCC/C=C/CCCCCC. The minimum Gasteiger partial charge on any atom is -0.462 e.